The van der Waals surface area contributed by atoms with E-state index in [9.17, 15) is 14.4 Å². The summed E-state index contributed by atoms with van der Waals surface area (Å²) in [6.45, 7) is 1.47. The quantitative estimate of drug-likeness (QED) is 0.663. The van der Waals surface area contributed by atoms with Crippen LogP contribution in [0.3, 0.4) is 0 Å². The third-order valence-electron chi connectivity index (χ3n) is 5.25. The third kappa shape index (κ3) is 2.81. The highest BCUT2D eigenvalue weighted by Crippen LogP contribution is 2.42. The fourth-order valence-electron chi connectivity index (χ4n) is 3.55. The number of hydrogen-bond acceptors (Lipinski definition) is 4. The second kappa shape index (κ2) is 6.12. The third-order valence-corrected chi connectivity index (χ3v) is 5.25. The first kappa shape index (κ1) is 16.6. The van der Waals surface area contributed by atoms with Gasteiger partial charge in [0.1, 0.15) is 18.7 Å². The molecule has 4 rings (SSSR count). The summed E-state index contributed by atoms with van der Waals surface area (Å²) < 4.78 is 5.33. The molecular formula is C20H20N2O4. The van der Waals surface area contributed by atoms with Crippen molar-refractivity contribution < 1.29 is 19.1 Å². The number of nitrogens with zero attached hydrogens (tertiary/aromatic N) is 1. The first-order chi connectivity index (χ1) is 12.5. The lowest BCUT2D eigenvalue weighted by atomic mass is 9.96. The number of urea groups is 1. The molecule has 3 amide bonds. The molecule has 6 nitrogen and oxygen atoms in total. The minimum Gasteiger partial charge on any atom is -0.459 e. The molecule has 1 aliphatic carbocycles. The van der Waals surface area contributed by atoms with Gasteiger partial charge in [-0.3, -0.25) is 14.5 Å². The molecule has 0 radical (unpaired) electrons. The number of carbonyl (C=O) groups is 3. The molecule has 26 heavy (non-hydrogen) atoms. The molecule has 2 aliphatic rings. The number of carbonyl (C=O) groups excluding carboxylic acids is 3. The SMILES string of the molecule is C[C@@]1(C2CC2)NC(=O)N(CC(=O)OCc2cccc3ccccc23)C1=O. The number of fused-ring (bicyclic) bond motifs is 1. The molecule has 1 atom stereocenters. The molecule has 2 aromatic carbocycles. The van der Waals surface area contributed by atoms with Crippen molar-refractivity contribution in [2.24, 2.45) is 5.92 Å². The lowest BCUT2D eigenvalue weighted by molar-refractivity contribution is -0.148. The first-order valence-corrected chi connectivity index (χ1v) is 8.75. The number of ether oxygens (including phenoxy) is 1. The van der Waals surface area contributed by atoms with Gasteiger partial charge in [-0.25, -0.2) is 4.79 Å². The van der Waals surface area contributed by atoms with Crippen LogP contribution in [-0.2, 0) is 20.9 Å². The Morgan fingerprint density at radius 1 is 1.19 bits per heavy atom. The smallest absolute Gasteiger partial charge is 0.326 e. The van der Waals surface area contributed by atoms with Crippen LogP contribution in [0.4, 0.5) is 4.79 Å². The van der Waals surface area contributed by atoms with E-state index in [0.29, 0.717) is 0 Å². The van der Waals surface area contributed by atoms with E-state index in [1.807, 2.05) is 42.5 Å². The molecule has 2 fully saturated rings. The Bertz CT molecular complexity index is 900. The maximum atomic E-state index is 12.5. The summed E-state index contributed by atoms with van der Waals surface area (Å²) in [5, 5.41) is 4.80. The van der Waals surface area contributed by atoms with Crippen LogP contribution in [0.15, 0.2) is 42.5 Å². The number of hydrogen-bond donors (Lipinski definition) is 1. The highest BCUT2D eigenvalue weighted by Gasteiger charge is 2.56. The van der Waals surface area contributed by atoms with E-state index >= 15 is 0 Å². The summed E-state index contributed by atoms with van der Waals surface area (Å²) in [4.78, 5) is 37.8. The van der Waals surface area contributed by atoms with Crippen LogP contribution < -0.4 is 5.32 Å². The fourth-order valence-corrected chi connectivity index (χ4v) is 3.55. The van der Waals surface area contributed by atoms with Gasteiger partial charge in [-0.1, -0.05) is 42.5 Å². The lowest BCUT2D eigenvalue weighted by Gasteiger charge is -2.20. The Hall–Kier alpha value is -2.89. The van der Waals surface area contributed by atoms with Crippen molar-refractivity contribution in [3.63, 3.8) is 0 Å². The normalized spacial score (nSPS) is 22.6. The van der Waals surface area contributed by atoms with Crippen molar-refractivity contribution in [1.29, 1.82) is 0 Å². The second-order valence-electron chi connectivity index (χ2n) is 7.10. The van der Waals surface area contributed by atoms with Crippen LogP contribution in [0.5, 0.6) is 0 Å². The number of rotatable bonds is 5. The highest BCUT2D eigenvalue weighted by atomic mass is 16.5. The molecule has 1 N–H and O–H groups in total. The number of imide groups is 1. The van der Waals surface area contributed by atoms with Crippen molar-refractivity contribution >= 4 is 28.7 Å². The van der Waals surface area contributed by atoms with E-state index in [-0.39, 0.29) is 25.0 Å². The van der Waals surface area contributed by atoms with Crippen LogP contribution in [0, 0.1) is 5.92 Å². The van der Waals surface area contributed by atoms with Gasteiger partial charge >= 0.3 is 12.0 Å². The second-order valence-corrected chi connectivity index (χ2v) is 7.10. The first-order valence-electron chi connectivity index (χ1n) is 8.75. The van der Waals surface area contributed by atoms with Crippen molar-refractivity contribution in [1.82, 2.24) is 10.2 Å². The van der Waals surface area contributed by atoms with Crippen LogP contribution in [0.2, 0.25) is 0 Å². The minimum atomic E-state index is -0.882. The largest absolute Gasteiger partial charge is 0.459 e. The minimum absolute atomic E-state index is 0.101. The number of amides is 3. The molecule has 1 saturated carbocycles. The monoisotopic (exact) mass is 352 g/mol. The molecular weight excluding hydrogens is 332 g/mol. The van der Waals surface area contributed by atoms with Crippen molar-refractivity contribution in [2.75, 3.05) is 6.54 Å². The number of esters is 1. The van der Waals surface area contributed by atoms with Gasteiger partial charge in [0, 0.05) is 0 Å². The van der Waals surface area contributed by atoms with Crippen LogP contribution in [0.25, 0.3) is 10.8 Å². The molecule has 0 spiro atoms. The predicted molar refractivity (Wildman–Crippen MR) is 95.1 cm³/mol. The van der Waals surface area contributed by atoms with E-state index in [1.165, 1.54) is 0 Å². The van der Waals surface area contributed by atoms with E-state index < -0.39 is 17.5 Å². The van der Waals surface area contributed by atoms with Gasteiger partial charge in [0.25, 0.3) is 5.91 Å². The van der Waals surface area contributed by atoms with Crippen LogP contribution >= 0.6 is 0 Å². The Morgan fingerprint density at radius 3 is 2.69 bits per heavy atom. The molecule has 0 unspecified atom stereocenters. The zero-order valence-corrected chi connectivity index (χ0v) is 14.5. The lowest BCUT2D eigenvalue weighted by Crippen LogP contribution is -2.46. The molecule has 1 aliphatic heterocycles. The van der Waals surface area contributed by atoms with Crippen molar-refractivity contribution in [3.8, 4) is 0 Å². The zero-order chi connectivity index (χ0) is 18.3. The van der Waals surface area contributed by atoms with E-state index in [0.717, 1.165) is 34.1 Å². The molecule has 1 saturated heterocycles. The molecule has 1 heterocycles. The average molecular weight is 352 g/mol. The standard InChI is InChI=1S/C20H20N2O4/c1-20(15-9-10-15)18(24)22(19(25)21-20)11-17(23)26-12-14-7-4-6-13-5-2-3-8-16(13)14/h2-8,15H,9-12H2,1H3,(H,21,25)/t20-/m0/s1. The topological polar surface area (TPSA) is 75.7 Å². The van der Waals surface area contributed by atoms with Gasteiger partial charge in [-0.2, -0.15) is 0 Å². The molecule has 6 heteroatoms. The summed E-state index contributed by atoms with van der Waals surface area (Å²) >= 11 is 0. The molecule has 0 aromatic heterocycles. The van der Waals surface area contributed by atoms with Gasteiger partial charge in [0.2, 0.25) is 0 Å². The Labute approximate surface area is 151 Å². The van der Waals surface area contributed by atoms with Gasteiger partial charge in [-0.15, -0.1) is 0 Å². The van der Waals surface area contributed by atoms with E-state index in [2.05, 4.69) is 5.32 Å². The Kier molecular flexibility index (Phi) is 3.90. The van der Waals surface area contributed by atoms with E-state index in [4.69, 9.17) is 4.74 Å². The number of benzene rings is 2. The molecule has 134 valence electrons. The Balaban J connectivity index is 1.41. The van der Waals surface area contributed by atoms with Gasteiger partial charge < -0.3 is 10.1 Å². The fraction of sp³-hybridized carbons (Fsp3) is 0.350. The van der Waals surface area contributed by atoms with E-state index in [1.54, 1.807) is 6.92 Å². The van der Waals surface area contributed by atoms with Crippen molar-refractivity contribution in [3.05, 3.63) is 48.0 Å². The zero-order valence-electron chi connectivity index (χ0n) is 14.5. The van der Waals surface area contributed by atoms with Gasteiger partial charge in [-0.05, 0) is 42.0 Å². The summed E-state index contributed by atoms with van der Waals surface area (Å²) in [6.07, 6.45) is 1.84. The van der Waals surface area contributed by atoms with Crippen molar-refractivity contribution in [2.45, 2.75) is 31.9 Å². The number of nitrogens with one attached hydrogen (secondary N) is 1. The maximum Gasteiger partial charge on any atom is 0.326 e. The molecule has 2 aromatic rings. The van der Waals surface area contributed by atoms with Crippen LogP contribution in [0.1, 0.15) is 25.3 Å². The molecule has 0 bridgehead atoms. The van der Waals surface area contributed by atoms with Crippen LogP contribution in [-0.4, -0.2) is 34.9 Å². The summed E-state index contributed by atoms with van der Waals surface area (Å²) in [6, 6.07) is 13.1. The predicted octanol–water partition coefficient (Wildman–Crippen LogP) is 2.60. The summed E-state index contributed by atoms with van der Waals surface area (Å²) in [5.74, 6) is -0.774. The average Bonchev–Trinajstić information content (AvgIpc) is 3.46. The van der Waals surface area contributed by atoms with Gasteiger partial charge in [0.15, 0.2) is 0 Å². The van der Waals surface area contributed by atoms with Gasteiger partial charge in [0.05, 0.1) is 0 Å². The maximum absolute atomic E-state index is 12.5. The summed E-state index contributed by atoms with van der Waals surface area (Å²) in [7, 11) is 0. The summed E-state index contributed by atoms with van der Waals surface area (Å²) in [5.41, 5.74) is 0.00367. The Morgan fingerprint density at radius 2 is 1.92 bits per heavy atom. The highest BCUT2D eigenvalue weighted by molar-refractivity contribution is 6.08.